The van der Waals surface area contributed by atoms with Crippen LogP contribution in [0.3, 0.4) is 0 Å². The SMILES string of the molecule is CC(=O)c1ccc(N2CCN(CC(=O)Nc3sc4c(c3C#N)CCC(C)C4)CC2)cc1. The zero-order chi connectivity index (χ0) is 22.0. The topological polar surface area (TPSA) is 76.4 Å². The van der Waals surface area contributed by atoms with Gasteiger partial charge in [0, 0.05) is 42.3 Å². The number of fused-ring (bicyclic) bond motifs is 1. The first-order chi connectivity index (χ1) is 14.9. The largest absolute Gasteiger partial charge is 0.369 e. The van der Waals surface area contributed by atoms with E-state index in [4.69, 9.17) is 0 Å². The van der Waals surface area contributed by atoms with Crippen LogP contribution >= 0.6 is 11.3 Å². The molecule has 1 saturated heterocycles. The molecule has 2 aliphatic rings. The van der Waals surface area contributed by atoms with Gasteiger partial charge in [-0.2, -0.15) is 5.26 Å². The minimum atomic E-state index is -0.0533. The lowest BCUT2D eigenvalue weighted by Crippen LogP contribution is -2.48. The van der Waals surface area contributed by atoms with E-state index >= 15 is 0 Å². The number of benzene rings is 1. The van der Waals surface area contributed by atoms with E-state index in [1.807, 2.05) is 24.3 Å². The van der Waals surface area contributed by atoms with Gasteiger partial charge in [0.15, 0.2) is 5.78 Å². The molecule has 1 unspecified atom stereocenters. The molecule has 0 radical (unpaired) electrons. The molecular weight excluding hydrogens is 408 g/mol. The highest BCUT2D eigenvalue weighted by atomic mass is 32.1. The van der Waals surface area contributed by atoms with Gasteiger partial charge in [0.05, 0.1) is 12.1 Å². The van der Waals surface area contributed by atoms with Crippen LogP contribution in [-0.4, -0.2) is 49.3 Å². The molecule has 4 rings (SSSR count). The number of rotatable bonds is 5. The lowest BCUT2D eigenvalue weighted by Gasteiger charge is -2.35. The Morgan fingerprint density at radius 1 is 1.19 bits per heavy atom. The Kier molecular flexibility index (Phi) is 6.40. The van der Waals surface area contributed by atoms with Crippen molar-refractivity contribution >= 4 is 33.7 Å². The van der Waals surface area contributed by atoms with Gasteiger partial charge in [-0.05, 0) is 61.9 Å². The summed E-state index contributed by atoms with van der Waals surface area (Å²) in [5.41, 5.74) is 3.64. The van der Waals surface area contributed by atoms with E-state index in [1.165, 1.54) is 4.88 Å². The molecular formula is C24H28N4O2S. The minimum Gasteiger partial charge on any atom is -0.369 e. The van der Waals surface area contributed by atoms with Gasteiger partial charge in [0.1, 0.15) is 11.1 Å². The molecule has 1 atom stereocenters. The van der Waals surface area contributed by atoms with E-state index in [1.54, 1.807) is 18.3 Å². The fraction of sp³-hybridized carbons (Fsp3) is 0.458. The summed E-state index contributed by atoms with van der Waals surface area (Å²) >= 11 is 1.58. The van der Waals surface area contributed by atoms with E-state index < -0.39 is 0 Å². The van der Waals surface area contributed by atoms with Crippen LogP contribution in [0.1, 0.15) is 46.6 Å². The summed E-state index contributed by atoms with van der Waals surface area (Å²) in [5.74, 6) is 0.654. The molecule has 1 aliphatic carbocycles. The third-order valence-electron chi connectivity index (χ3n) is 6.25. The quantitative estimate of drug-likeness (QED) is 0.723. The Morgan fingerprint density at radius 2 is 1.90 bits per heavy atom. The maximum Gasteiger partial charge on any atom is 0.239 e. The number of carbonyl (C=O) groups is 2. The predicted molar refractivity (Wildman–Crippen MR) is 124 cm³/mol. The first-order valence-electron chi connectivity index (χ1n) is 10.9. The molecule has 1 N–H and O–H groups in total. The van der Waals surface area contributed by atoms with Crippen molar-refractivity contribution in [2.75, 3.05) is 42.9 Å². The van der Waals surface area contributed by atoms with Crippen LogP contribution in [0.15, 0.2) is 24.3 Å². The standard InChI is InChI=1S/C24H28N4O2S/c1-16-3-8-20-21(14-25)24(31-22(20)13-16)26-23(30)15-27-9-11-28(12-10-27)19-6-4-18(5-7-19)17(2)29/h4-7,16H,3,8-13,15H2,1-2H3,(H,26,30). The summed E-state index contributed by atoms with van der Waals surface area (Å²) < 4.78 is 0. The predicted octanol–water partition coefficient (Wildman–Crippen LogP) is 3.71. The van der Waals surface area contributed by atoms with E-state index in [0.29, 0.717) is 18.0 Å². The zero-order valence-electron chi connectivity index (χ0n) is 18.1. The summed E-state index contributed by atoms with van der Waals surface area (Å²) in [6, 6.07) is 10.0. The molecule has 162 valence electrons. The first kappa shape index (κ1) is 21.5. The Morgan fingerprint density at radius 3 is 2.55 bits per heavy atom. The molecule has 0 saturated carbocycles. The van der Waals surface area contributed by atoms with Crippen molar-refractivity contribution in [1.29, 1.82) is 5.26 Å². The first-order valence-corrected chi connectivity index (χ1v) is 11.7. The van der Waals surface area contributed by atoms with Crippen molar-refractivity contribution in [1.82, 2.24) is 4.90 Å². The molecule has 2 heterocycles. The number of nitrogens with one attached hydrogen (secondary N) is 1. The highest BCUT2D eigenvalue weighted by Gasteiger charge is 2.25. The molecule has 7 heteroatoms. The second-order valence-corrected chi connectivity index (χ2v) is 9.69. The van der Waals surface area contributed by atoms with Crippen molar-refractivity contribution < 1.29 is 9.59 Å². The Labute approximate surface area is 187 Å². The second-order valence-electron chi connectivity index (χ2n) is 8.58. The summed E-state index contributed by atoms with van der Waals surface area (Å²) in [5, 5.41) is 13.3. The summed E-state index contributed by atoms with van der Waals surface area (Å²) in [6.45, 7) is 7.41. The van der Waals surface area contributed by atoms with E-state index in [-0.39, 0.29) is 11.7 Å². The van der Waals surface area contributed by atoms with E-state index in [0.717, 1.165) is 67.3 Å². The molecule has 1 fully saturated rings. The van der Waals surface area contributed by atoms with Crippen LogP contribution in [0.4, 0.5) is 10.7 Å². The number of amides is 1. The number of nitriles is 1. The van der Waals surface area contributed by atoms with Crippen LogP contribution in [0.25, 0.3) is 0 Å². The Bertz CT molecular complexity index is 1010. The Balaban J connectivity index is 1.32. The molecule has 0 bridgehead atoms. The van der Waals surface area contributed by atoms with Crippen LogP contribution in [0, 0.1) is 17.2 Å². The number of carbonyl (C=O) groups excluding carboxylic acids is 2. The highest BCUT2D eigenvalue weighted by Crippen LogP contribution is 2.39. The third-order valence-corrected chi connectivity index (χ3v) is 7.42. The lowest BCUT2D eigenvalue weighted by molar-refractivity contribution is -0.117. The summed E-state index contributed by atoms with van der Waals surface area (Å²) in [6.07, 6.45) is 3.04. The minimum absolute atomic E-state index is 0.0533. The van der Waals surface area contributed by atoms with Gasteiger partial charge in [-0.1, -0.05) is 6.92 Å². The number of anilines is 2. The van der Waals surface area contributed by atoms with Gasteiger partial charge >= 0.3 is 0 Å². The number of piperazine rings is 1. The second kappa shape index (κ2) is 9.21. The van der Waals surface area contributed by atoms with Crippen LogP contribution in [0.2, 0.25) is 0 Å². The number of Topliss-reactive ketones (excluding diaryl/α,β-unsaturated/α-hetero) is 1. The highest BCUT2D eigenvalue weighted by molar-refractivity contribution is 7.16. The van der Waals surface area contributed by atoms with Gasteiger partial charge in [-0.15, -0.1) is 11.3 Å². The number of hydrogen-bond acceptors (Lipinski definition) is 6. The number of hydrogen-bond donors (Lipinski definition) is 1. The smallest absolute Gasteiger partial charge is 0.239 e. The van der Waals surface area contributed by atoms with Crippen LogP contribution < -0.4 is 10.2 Å². The number of nitrogens with zero attached hydrogens (tertiary/aromatic N) is 3. The van der Waals surface area contributed by atoms with Crippen molar-refractivity contribution in [3.05, 3.63) is 45.8 Å². The van der Waals surface area contributed by atoms with Crippen molar-refractivity contribution in [3.8, 4) is 6.07 Å². The fourth-order valence-corrected chi connectivity index (χ4v) is 5.77. The molecule has 1 amide bonds. The van der Waals surface area contributed by atoms with Gasteiger partial charge in [-0.25, -0.2) is 0 Å². The van der Waals surface area contributed by atoms with Gasteiger partial charge in [0.2, 0.25) is 5.91 Å². The van der Waals surface area contributed by atoms with Crippen molar-refractivity contribution in [2.24, 2.45) is 5.92 Å². The number of thiophene rings is 1. The fourth-order valence-electron chi connectivity index (χ4n) is 4.40. The Hall–Kier alpha value is -2.69. The maximum atomic E-state index is 12.7. The average molecular weight is 437 g/mol. The van der Waals surface area contributed by atoms with E-state index in [9.17, 15) is 14.9 Å². The summed E-state index contributed by atoms with van der Waals surface area (Å²) in [4.78, 5) is 29.8. The van der Waals surface area contributed by atoms with Gasteiger partial charge in [0.25, 0.3) is 0 Å². The average Bonchev–Trinajstić information content (AvgIpc) is 3.10. The van der Waals surface area contributed by atoms with Crippen molar-refractivity contribution in [3.63, 3.8) is 0 Å². The lowest BCUT2D eigenvalue weighted by atomic mass is 9.89. The van der Waals surface area contributed by atoms with Gasteiger partial charge < -0.3 is 10.2 Å². The molecule has 0 spiro atoms. The monoisotopic (exact) mass is 436 g/mol. The molecule has 2 aromatic rings. The molecule has 1 aliphatic heterocycles. The molecule has 6 nitrogen and oxygen atoms in total. The van der Waals surface area contributed by atoms with Crippen molar-refractivity contribution in [2.45, 2.75) is 33.1 Å². The molecule has 31 heavy (non-hydrogen) atoms. The third kappa shape index (κ3) is 4.81. The maximum absolute atomic E-state index is 12.7. The van der Waals surface area contributed by atoms with Gasteiger partial charge in [-0.3, -0.25) is 14.5 Å². The summed E-state index contributed by atoms with van der Waals surface area (Å²) in [7, 11) is 0. The van der Waals surface area contributed by atoms with E-state index in [2.05, 4.69) is 28.1 Å². The van der Waals surface area contributed by atoms with Crippen LogP contribution in [0.5, 0.6) is 0 Å². The molecule has 1 aromatic heterocycles. The normalized spacial score (nSPS) is 18.9. The number of ketones is 1. The molecule has 1 aromatic carbocycles. The zero-order valence-corrected chi connectivity index (χ0v) is 18.9. The van der Waals surface area contributed by atoms with Crippen LogP contribution in [-0.2, 0) is 17.6 Å².